The smallest absolute Gasteiger partial charge is 0.348 e. The first kappa shape index (κ1) is 46.0. The van der Waals surface area contributed by atoms with Gasteiger partial charge < -0.3 is 9.47 Å². The zero-order valence-corrected chi connectivity index (χ0v) is 40.3. The van der Waals surface area contributed by atoms with E-state index in [-0.39, 0.29) is 16.6 Å². The summed E-state index contributed by atoms with van der Waals surface area (Å²) in [4.78, 5) is 33.4. The Kier molecular flexibility index (Phi) is 17.6. The number of unbranched alkanes of at least 4 members (excludes halogenated alkanes) is 18. The highest BCUT2D eigenvalue weighted by Crippen LogP contribution is 2.53. The van der Waals surface area contributed by atoms with E-state index in [1.54, 1.807) is 23.8 Å². The lowest BCUT2D eigenvalue weighted by Gasteiger charge is -2.25. The molecule has 322 valence electrons. The number of ether oxygens (including phenoxy) is 2. The van der Waals surface area contributed by atoms with Gasteiger partial charge in [0.1, 0.15) is 16.9 Å². The number of carbonyl (C=O) groups is 2. The Morgan fingerprint density at radius 3 is 1.41 bits per heavy atom. The minimum atomic E-state index is -0.495. The van der Waals surface area contributed by atoms with Crippen LogP contribution in [-0.4, -0.2) is 11.9 Å². The minimum Gasteiger partial charge on any atom is -0.427 e. The predicted octanol–water partition coefficient (Wildman–Crippen LogP) is 17.5. The molecule has 0 unspecified atom stereocenters. The summed E-state index contributed by atoms with van der Waals surface area (Å²) in [5.41, 5.74) is 3.81. The molecule has 8 heteroatoms. The fourth-order valence-corrected chi connectivity index (χ4v) is 14.3. The van der Waals surface area contributed by atoms with Crippen molar-refractivity contribution in [1.82, 2.24) is 0 Å². The standard InChI is InChI=1S/C51H70O4S4/c1-7-11-13-15-17-19-21-23-25-27-29-36-45(39-32-31-38(56-39)44-43-42(49(52)55-44)35(5)54-50(43)53)58-48-37(30-28-26-24-22-20-18-16-14-12-8-2)46(59-47(36)48)40-33-34-41(57-40)51(6,9-3)10-4/h31-34H,7-30H2,1-6H3. The van der Waals surface area contributed by atoms with Crippen molar-refractivity contribution in [2.45, 2.75) is 201 Å². The Hall–Kier alpha value is -2.52. The summed E-state index contributed by atoms with van der Waals surface area (Å²) in [6, 6.07) is 9.05. The van der Waals surface area contributed by atoms with Gasteiger partial charge in [0.05, 0.1) is 4.88 Å². The van der Waals surface area contributed by atoms with Crippen molar-refractivity contribution in [2.24, 2.45) is 0 Å². The van der Waals surface area contributed by atoms with Crippen LogP contribution in [0.4, 0.5) is 0 Å². The van der Waals surface area contributed by atoms with Gasteiger partial charge in [-0.3, -0.25) is 0 Å². The molecule has 0 aromatic carbocycles. The van der Waals surface area contributed by atoms with Gasteiger partial charge in [0.25, 0.3) is 0 Å². The number of allylic oxidation sites excluding steroid dienone is 1. The summed E-state index contributed by atoms with van der Waals surface area (Å²) in [5, 5.41) is 0. The normalized spacial score (nSPS) is 14.4. The summed E-state index contributed by atoms with van der Waals surface area (Å²) in [6.45, 7) is 13.4. The van der Waals surface area contributed by atoms with Crippen molar-refractivity contribution in [3.05, 3.63) is 62.1 Å². The van der Waals surface area contributed by atoms with Crippen molar-refractivity contribution in [3.8, 4) is 19.5 Å². The Bertz CT molecular complexity index is 2060. The second kappa shape index (κ2) is 22.5. The maximum Gasteiger partial charge on any atom is 0.348 e. The highest BCUT2D eigenvalue weighted by Gasteiger charge is 2.44. The Labute approximate surface area is 371 Å². The van der Waals surface area contributed by atoms with Crippen LogP contribution in [0.5, 0.6) is 0 Å². The molecule has 0 fully saturated rings. The number of cyclic esters (lactones) is 2. The van der Waals surface area contributed by atoms with Crippen LogP contribution in [0.25, 0.3) is 34.7 Å². The molecular formula is C51H70O4S4. The first-order chi connectivity index (χ1) is 28.7. The molecule has 0 atom stereocenters. The maximum atomic E-state index is 12.8. The third-order valence-corrected chi connectivity index (χ3v) is 18.5. The fraction of sp³-hybridized carbons (Fsp3) is 0.608. The zero-order chi connectivity index (χ0) is 41.8. The first-order valence-corrected chi connectivity index (χ1v) is 26.7. The van der Waals surface area contributed by atoms with Gasteiger partial charge in [-0.2, -0.15) is 0 Å². The number of hydrogen-bond donors (Lipinski definition) is 0. The fourth-order valence-electron chi connectivity index (χ4n) is 8.76. The van der Waals surface area contributed by atoms with E-state index in [2.05, 4.69) is 52.8 Å². The van der Waals surface area contributed by atoms with Crippen LogP contribution in [0.1, 0.15) is 204 Å². The van der Waals surface area contributed by atoms with Gasteiger partial charge in [-0.15, -0.1) is 45.3 Å². The number of esters is 2. The Morgan fingerprint density at radius 1 is 0.492 bits per heavy atom. The third kappa shape index (κ3) is 11.1. The molecule has 6 heterocycles. The van der Waals surface area contributed by atoms with E-state index in [1.807, 2.05) is 40.1 Å². The summed E-state index contributed by atoms with van der Waals surface area (Å²) in [7, 11) is 0. The molecule has 0 N–H and O–H groups in total. The molecule has 2 aliphatic heterocycles. The molecule has 2 aliphatic rings. The van der Waals surface area contributed by atoms with Crippen LogP contribution in [-0.2, 0) is 37.3 Å². The van der Waals surface area contributed by atoms with Gasteiger partial charge in [-0.1, -0.05) is 150 Å². The van der Waals surface area contributed by atoms with E-state index < -0.39 is 11.9 Å². The number of thiophene rings is 4. The van der Waals surface area contributed by atoms with E-state index >= 15 is 0 Å². The van der Waals surface area contributed by atoms with Crippen LogP contribution in [0, 0.1) is 0 Å². The lowest BCUT2D eigenvalue weighted by molar-refractivity contribution is -0.133. The molecule has 59 heavy (non-hydrogen) atoms. The molecule has 0 saturated carbocycles. The van der Waals surface area contributed by atoms with Crippen LogP contribution in [0.2, 0.25) is 0 Å². The highest BCUT2D eigenvalue weighted by atomic mass is 32.1. The van der Waals surface area contributed by atoms with E-state index in [0.717, 1.165) is 30.6 Å². The molecule has 6 rings (SSSR count). The quantitative estimate of drug-likeness (QED) is 0.0421. The molecule has 0 bridgehead atoms. The van der Waals surface area contributed by atoms with Crippen LogP contribution < -0.4 is 0 Å². The highest BCUT2D eigenvalue weighted by molar-refractivity contribution is 7.34. The summed E-state index contributed by atoms with van der Waals surface area (Å²) in [5.74, 6) is -0.311. The second-order valence-electron chi connectivity index (χ2n) is 17.4. The number of fused-ring (bicyclic) bond motifs is 2. The number of aryl methyl sites for hydroxylation is 2. The Balaban J connectivity index is 1.29. The molecule has 4 nitrogen and oxygen atoms in total. The lowest BCUT2D eigenvalue weighted by atomic mass is 9.83. The molecule has 0 aliphatic carbocycles. The van der Waals surface area contributed by atoms with Gasteiger partial charge in [-0.05, 0) is 80.8 Å². The van der Waals surface area contributed by atoms with Crippen molar-refractivity contribution < 1.29 is 19.1 Å². The van der Waals surface area contributed by atoms with Gasteiger partial charge in [0, 0.05) is 39.2 Å². The van der Waals surface area contributed by atoms with Crippen LogP contribution >= 0.6 is 45.3 Å². The van der Waals surface area contributed by atoms with Gasteiger partial charge in [0.2, 0.25) is 0 Å². The van der Waals surface area contributed by atoms with E-state index in [1.165, 1.54) is 168 Å². The van der Waals surface area contributed by atoms with Crippen LogP contribution in [0.15, 0.2) is 41.2 Å². The molecule has 0 saturated heterocycles. The van der Waals surface area contributed by atoms with Crippen molar-refractivity contribution in [3.63, 3.8) is 0 Å². The molecule has 4 aromatic heterocycles. The SMILES string of the molecule is CCCCCCCCCCCCc1c(-c2ccc(C3=C4C(=O)OC(C)=C4C(=O)O3)s2)sc2c(CCCCCCCCCCCC)c(-c3ccc(C(C)(CC)CC)s3)sc12. The van der Waals surface area contributed by atoms with Crippen molar-refractivity contribution >= 4 is 72.4 Å². The first-order valence-electron chi connectivity index (χ1n) is 23.4. The molecule has 0 radical (unpaired) electrons. The van der Waals surface area contributed by atoms with Crippen LogP contribution in [0.3, 0.4) is 0 Å². The maximum absolute atomic E-state index is 12.8. The van der Waals surface area contributed by atoms with Gasteiger partial charge >= 0.3 is 11.9 Å². The van der Waals surface area contributed by atoms with E-state index in [4.69, 9.17) is 9.47 Å². The van der Waals surface area contributed by atoms with E-state index in [9.17, 15) is 9.59 Å². The molecule has 4 aromatic rings. The average Bonchev–Trinajstić information content (AvgIpc) is 4.09. The van der Waals surface area contributed by atoms with Gasteiger partial charge in [0.15, 0.2) is 5.76 Å². The average molecular weight is 875 g/mol. The summed E-state index contributed by atoms with van der Waals surface area (Å²) < 4.78 is 14.1. The largest absolute Gasteiger partial charge is 0.427 e. The van der Waals surface area contributed by atoms with E-state index in [0.29, 0.717) is 11.5 Å². The lowest BCUT2D eigenvalue weighted by Crippen LogP contribution is -2.17. The third-order valence-electron chi connectivity index (χ3n) is 13.0. The second-order valence-corrected chi connectivity index (χ2v) is 21.6. The number of carbonyl (C=O) groups excluding carboxylic acids is 2. The molecule has 0 amide bonds. The number of hydrogen-bond acceptors (Lipinski definition) is 8. The zero-order valence-electron chi connectivity index (χ0n) is 37.0. The monoisotopic (exact) mass is 874 g/mol. The molecular weight excluding hydrogens is 805 g/mol. The predicted molar refractivity (Wildman–Crippen MR) is 257 cm³/mol. The van der Waals surface area contributed by atoms with Crippen molar-refractivity contribution in [1.29, 1.82) is 0 Å². The number of rotatable bonds is 28. The summed E-state index contributed by atoms with van der Waals surface area (Å²) in [6.07, 6.45) is 31.2. The van der Waals surface area contributed by atoms with Gasteiger partial charge in [-0.25, -0.2) is 9.59 Å². The Morgan fingerprint density at radius 2 is 0.915 bits per heavy atom. The molecule has 0 spiro atoms. The topological polar surface area (TPSA) is 52.6 Å². The summed E-state index contributed by atoms with van der Waals surface area (Å²) >= 11 is 7.69. The van der Waals surface area contributed by atoms with Crippen molar-refractivity contribution in [2.75, 3.05) is 0 Å². The minimum absolute atomic E-state index is 0.216.